The highest BCUT2D eigenvalue weighted by Crippen LogP contribution is 2.23. The molecule has 3 unspecified atom stereocenters. The summed E-state index contributed by atoms with van der Waals surface area (Å²) in [4.78, 5) is 0. The number of benzene rings is 1. The van der Waals surface area contributed by atoms with Crippen LogP contribution < -0.4 is 10.1 Å². The summed E-state index contributed by atoms with van der Waals surface area (Å²) >= 11 is 0. The van der Waals surface area contributed by atoms with Gasteiger partial charge >= 0.3 is 0 Å². The van der Waals surface area contributed by atoms with Crippen LogP contribution in [-0.2, 0) is 0 Å². The van der Waals surface area contributed by atoms with Crippen LogP contribution in [0.5, 0.6) is 5.75 Å². The molecule has 0 amide bonds. The van der Waals surface area contributed by atoms with Crippen molar-refractivity contribution in [2.24, 2.45) is 5.92 Å². The maximum atomic E-state index is 13.9. The molecule has 1 rings (SSSR count). The van der Waals surface area contributed by atoms with Gasteiger partial charge in [0.15, 0.2) is 0 Å². The smallest absolute Gasteiger partial charge is 0.131 e. The molecule has 1 aromatic rings. The predicted octanol–water partition coefficient (Wildman–Crippen LogP) is 3.92. The third-order valence-corrected chi connectivity index (χ3v) is 3.68. The number of halogens is 1. The first-order chi connectivity index (χ1) is 8.49. The second-order valence-electron chi connectivity index (χ2n) is 4.95. The predicted molar refractivity (Wildman–Crippen MR) is 73.4 cm³/mol. The summed E-state index contributed by atoms with van der Waals surface area (Å²) in [5.74, 6) is 0.915. The van der Waals surface area contributed by atoms with Crippen LogP contribution in [0.25, 0.3) is 0 Å². The van der Waals surface area contributed by atoms with Gasteiger partial charge < -0.3 is 10.1 Å². The van der Waals surface area contributed by atoms with E-state index in [0.29, 0.717) is 23.3 Å². The molecular formula is C15H24FNO. The fraction of sp³-hybridized carbons (Fsp3) is 0.600. The zero-order chi connectivity index (χ0) is 13.7. The average Bonchev–Trinajstić information content (AvgIpc) is 2.37. The molecule has 102 valence electrons. The first kappa shape index (κ1) is 15.0. The standard InChI is InChI=1S/C15H24FNO/c1-6-10(2)11(3)17-12(4)14-8-7-13(18-5)9-15(14)16/h7-12,17H,6H2,1-5H3. The van der Waals surface area contributed by atoms with E-state index in [0.717, 1.165) is 6.42 Å². The Morgan fingerprint density at radius 2 is 1.94 bits per heavy atom. The SMILES string of the molecule is CCC(C)C(C)NC(C)c1ccc(OC)cc1F. The highest BCUT2D eigenvalue weighted by Gasteiger charge is 2.16. The number of methoxy groups -OCH3 is 1. The van der Waals surface area contributed by atoms with Gasteiger partial charge in [-0.1, -0.05) is 26.3 Å². The zero-order valence-corrected chi connectivity index (χ0v) is 12.0. The molecule has 0 bridgehead atoms. The summed E-state index contributed by atoms with van der Waals surface area (Å²) in [5, 5.41) is 3.44. The van der Waals surface area contributed by atoms with E-state index in [-0.39, 0.29) is 11.9 Å². The summed E-state index contributed by atoms with van der Waals surface area (Å²) < 4.78 is 18.9. The molecular weight excluding hydrogens is 229 g/mol. The van der Waals surface area contributed by atoms with E-state index in [1.807, 2.05) is 6.92 Å². The van der Waals surface area contributed by atoms with Crippen LogP contribution >= 0.6 is 0 Å². The first-order valence-corrected chi connectivity index (χ1v) is 6.59. The lowest BCUT2D eigenvalue weighted by Gasteiger charge is -2.25. The number of rotatable bonds is 6. The van der Waals surface area contributed by atoms with E-state index in [4.69, 9.17) is 4.74 Å². The lowest BCUT2D eigenvalue weighted by Crippen LogP contribution is -2.34. The fourth-order valence-electron chi connectivity index (χ4n) is 1.99. The maximum absolute atomic E-state index is 13.9. The molecule has 1 aromatic carbocycles. The highest BCUT2D eigenvalue weighted by atomic mass is 19.1. The molecule has 3 atom stereocenters. The molecule has 1 N–H and O–H groups in total. The van der Waals surface area contributed by atoms with Gasteiger partial charge in [0.05, 0.1) is 7.11 Å². The Kier molecular flexibility index (Phi) is 5.60. The Bertz CT molecular complexity index is 381. The van der Waals surface area contributed by atoms with Crippen LogP contribution in [-0.4, -0.2) is 13.2 Å². The Balaban J connectivity index is 2.75. The van der Waals surface area contributed by atoms with Crippen molar-refractivity contribution in [1.82, 2.24) is 5.32 Å². The van der Waals surface area contributed by atoms with Crippen LogP contribution in [0.1, 0.15) is 45.7 Å². The van der Waals surface area contributed by atoms with Crippen LogP contribution in [0.2, 0.25) is 0 Å². The van der Waals surface area contributed by atoms with E-state index < -0.39 is 0 Å². The van der Waals surface area contributed by atoms with Gasteiger partial charge in [0, 0.05) is 23.7 Å². The third kappa shape index (κ3) is 3.70. The summed E-state index contributed by atoms with van der Waals surface area (Å²) in [7, 11) is 1.54. The van der Waals surface area contributed by atoms with E-state index in [1.54, 1.807) is 19.2 Å². The highest BCUT2D eigenvalue weighted by molar-refractivity contribution is 5.30. The molecule has 0 heterocycles. The average molecular weight is 253 g/mol. The van der Waals surface area contributed by atoms with Crippen molar-refractivity contribution in [2.45, 2.75) is 46.2 Å². The minimum Gasteiger partial charge on any atom is -0.497 e. The van der Waals surface area contributed by atoms with Gasteiger partial charge in [-0.3, -0.25) is 0 Å². The quantitative estimate of drug-likeness (QED) is 0.829. The van der Waals surface area contributed by atoms with Gasteiger partial charge in [0.1, 0.15) is 11.6 Å². The number of hydrogen-bond acceptors (Lipinski definition) is 2. The van der Waals surface area contributed by atoms with Crippen LogP contribution in [0.15, 0.2) is 18.2 Å². The van der Waals surface area contributed by atoms with Gasteiger partial charge in [0.25, 0.3) is 0 Å². The molecule has 3 heteroatoms. The summed E-state index contributed by atoms with van der Waals surface area (Å²) in [6, 6.07) is 5.38. The second kappa shape index (κ2) is 6.74. The maximum Gasteiger partial charge on any atom is 0.131 e. The topological polar surface area (TPSA) is 21.3 Å². The number of ether oxygens (including phenoxy) is 1. The molecule has 0 saturated carbocycles. The number of nitrogens with one attached hydrogen (secondary N) is 1. The molecule has 0 aromatic heterocycles. The molecule has 0 spiro atoms. The molecule has 0 aliphatic rings. The van der Waals surface area contributed by atoms with E-state index in [1.165, 1.54) is 6.07 Å². The van der Waals surface area contributed by atoms with Crippen molar-refractivity contribution in [3.8, 4) is 5.75 Å². The Morgan fingerprint density at radius 3 is 2.44 bits per heavy atom. The second-order valence-corrected chi connectivity index (χ2v) is 4.95. The van der Waals surface area contributed by atoms with Crippen LogP contribution in [0.3, 0.4) is 0 Å². The molecule has 0 aliphatic heterocycles. The van der Waals surface area contributed by atoms with Crippen molar-refractivity contribution in [2.75, 3.05) is 7.11 Å². The Hall–Kier alpha value is -1.09. The minimum absolute atomic E-state index is 0.0000869. The first-order valence-electron chi connectivity index (χ1n) is 6.59. The third-order valence-electron chi connectivity index (χ3n) is 3.68. The lowest BCUT2D eigenvalue weighted by molar-refractivity contribution is 0.355. The van der Waals surface area contributed by atoms with Gasteiger partial charge in [-0.25, -0.2) is 4.39 Å². The van der Waals surface area contributed by atoms with Gasteiger partial charge in [-0.15, -0.1) is 0 Å². The van der Waals surface area contributed by atoms with E-state index in [9.17, 15) is 4.39 Å². The molecule has 0 fully saturated rings. The molecule has 18 heavy (non-hydrogen) atoms. The Labute approximate surface area is 110 Å². The van der Waals surface area contributed by atoms with Crippen molar-refractivity contribution in [1.29, 1.82) is 0 Å². The fourth-order valence-corrected chi connectivity index (χ4v) is 1.99. The molecule has 2 nitrogen and oxygen atoms in total. The van der Waals surface area contributed by atoms with Crippen molar-refractivity contribution >= 4 is 0 Å². The van der Waals surface area contributed by atoms with Crippen LogP contribution in [0.4, 0.5) is 4.39 Å². The summed E-state index contributed by atoms with van der Waals surface area (Å²) in [5.41, 5.74) is 0.686. The van der Waals surface area contributed by atoms with Gasteiger partial charge in [0.2, 0.25) is 0 Å². The zero-order valence-electron chi connectivity index (χ0n) is 12.0. The molecule has 0 radical (unpaired) electrons. The van der Waals surface area contributed by atoms with E-state index >= 15 is 0 Å². The van der Waals surface area contributed by atoms with Crippen molar-refractivity contribution in [3.05, 3.63) is 29.6 Å². The van der Waals surface area contributed by atoms with Crippen LogP contribution in [0, 0.1) is 11.7 Å². The van der Waals surface area contributed by atoms with Gasteiger partial charge in [-0.05, 0) is 25.8 Å². The monoisotopic (exact) mass is 253 g/mol. The van der Waals surface area contributed by atoms with Crippen molar-refractivity contribution in [3.63, 3.8) is 0 Å². The summed E-state index contributed by atoms with van der Waals surface area (Å²) in [6.45, 7) is 8.51. The largest absolute Gasteiger partial charge is 0.497 e. The molecule has 0 aliphatic carbocycles. The molecule has 0 saturated heterocycles. The van der Waals surface area contributed by atoms with Gasteiger partial charge in [-0.2, -0.15) is 0 Å². The lowest BCUT2D eigenvalue weighted by atomic mass is 9.98. The number of hydrogen-bond donors (Lipinski definition) is 1. The van der Waals surface area contributed by atoms with Crippen molar-refractivity contribution < 1.29 is 9.13 Å². The normalized spacial score (nSPS) is 16.1. The minimum atomic E-state index is -0.217. The summed E-state index contributed by atoms with van der Waals surface area (Å²) in [6.07, 6.45) is 1.12. The van der Waals surface area contributed by atoms with E-state index in [2.05, 4.69) is 26.1 Å². The Morgan fingerprint density at radius 1 is 1.28 bits per heavy atom.